The highest BCUT2D eigenvalue weighted by Gasteiger charge is 2.60. The smallest absolute Gasteiger partial charge is 0.330 e. The average Bonchev–Trinajstić information content (AvgIpc) is 2.84. The summed E-state index contributed by atoms with van der Waals surface area (Å²) in [5.41, 5.74) is 0.318. The van der Waals surface area contributed by atoms with Gasteiger partial charge in [-0.25, -0.2) is 9.78 Å². The summed E-state index contributed by atoms with van der Waals surface area (Å²) in [6.07, 6.45) is 6.18. The maximum absolute atomic E-state index is 13.2. The molecule has 8 heteroatoms. The molecule has 2 heterocycles. The van der Waals surface area contributed by atoms with Gasteiger partial charge in [-0.15, -0.1) is 0 Å². The number of hydrogen-bond donors (Lipinski definition) is 0. The summed E-state index contributed by atoms with van der Waals surface area (Å²) in [7, 11) is 1.75. The van der Waals surface area contributed by atoms with Crippen LogP contribution in [0.1, 0.15) is 58.9 Å². The van der Waals surface area contributed by atoms with Gasteiger partial charge in [0.05, 0.1) is 11.6 Å². The Balaban J connectivity index is 1.56. The molecule has 0 saturated heterocycles. The topological polar surface area (TPSA) is 79.0 Å². The molecular formula is C21H27ClN4O3. The fraction of sp³-hybridized carbons (Fsp3) is 0.714. The van der Waals surface area contributed by atoms with Crippen molar-refractivity contribution in [1.82, 2.24) is 19.1 Å². The van der Waals surface area contributed by atoms with Gasteiger partial charge in [-0.1, -0.05) is 0 Å². The first-order valence-corrected chi connectivity index (χ1v) is 10.8. The molecule has 6 rings (SSSR count). The van der Waals surface area contributed by atoms with E-state index in [0.29, 0.717) is 17.1 Å². The van der Waals surface area contributed by atoms with Gasteiger partial charge >= 0.3 is 11.7 Å². The van der Waals surface area contributed by atoms with E-state index in [2.05, 4.69) is 9.97 Å². The number of carbonyl (C=O) groups excluding carboxylic acids is 1. The molecule has 2 aromatic rings. The van der Waals surface area contributed by atoms with Crippen LogP contribution < -0.4 is 5.69 Å². The second-order valence-electron chi connectivity index (χ2n) is 10.3. The van der Waals surface area contributed by atoms with Gasteiger partial charge in [0.1, 0.15) is 11.1 Å². The lowest BCUT2D eigenvalue weighted by Crippen LogP contribution is -2.56. The molecule has 156 valence electrons. The summed E-state index contributed by atoms with van der Waals surface area (Å²) in [5, 5.41) is 0.144. The van der Waals surface area contributed by atoms with Gasteiger partial charge in [0.15, 0.2) is 5.65 Å². The van der Waals surface area contributed by atoms with Gasteiger partial charge in [0.2, 0.25) is 5.28 Å². The van der Waals surface area contributed by atoms with Crippen molar-refractivity contribution in [2.45, 2.75) is 64.5 Å². The summed E-state index contributed by atoms with van der Waals surface area (Å²) < 4.78 is 9.26. The Morgan fingerprint density at radius 3 is 2.52 bits per heavy atom. The molecule has 0 spiro atoms. The Labute approximate surface area is 174 Å². The highest BCUT2D eigenvalue weighted by Crippen LogP contribution is 2.64. The van der Waals surface area contributed by atoms with E-state index in [9.17, 15) is 9.59 Å². The molecule has 2 unspecified atom stereocenters. The molecule has 4 saturated carbocycles. The molecule has 2 aromatic heterocycles. The van der Waals surface area contributed by atoms with Crippen molar-refractivity contribution in [3.63, 3.8) is 0 Å². The number of aryl methyl sites for hydroxylation is 1. The zero-order valence-corrected chi connectivity index (χ0v) is 18.1. The summed E-state index contributed by atoms with van der Waals surface area (Å²) >= 11 is 6.06. The van der Waals surface area contributed by atoms with Crippen molar-refractivity contribution in [3.05, 3.63) is 22.0 Å². The minimum Gasteiger partial charge on any atom is -0.460 e. The number of halogens is 1. The standard InChI is InChI=1S/C21H27ClN4O3/c1-20(2,3)29-17(27)21-7-11-5-12(8-21)15(13(6-11)9-21)26-16-14(25(4)19(26)28)10-23-18(22)24-16/h10-13,15H,5-9H2,1-4H3. The number of ether oxygens (including phenoxy) is 1. The fourth-order valence-corrected chi connectivity index (χ4v) is 6.57. The normalized spacial score (nSPS) is 33.4. The van der Waals surface area contributed by atoms with Gasteiger partial charge in [0, 0.05) is 13.1 Å². The number of nitrogens with zero attached hydrogens (tertiary/aromatic N) is 4. The predicted molar refractivity (Wildman–Crippen MR) is 109 cm³/mol. The second kappa shape index (κ2) is 6.06. The molecule has 4 aliphatic carbocycles. The Morgan fingerprint density at radius 1 is 1.24 bits per heavy atom. The minimum absolute atomic E-state index is 0.0456. The molecule has 7 nitrogen and oxygen atoms in total. The van der Waals surface area contributed by atoms with Gasteiger partial charge < -0.3 is 4.74 Å². The predicted octanol–water partition coefficient (Wildman–Crippen LogP) is 3.49. The van der Waals surface area contributed by atoms with E-state index >= 15 is 0 Å². The Bertz CT molecular complexity index is 1050. The SMILES string of the molecule is Cn1c(=O)n(C2C3CC4CC2CC(C(=O)OC(C)(C)C)(C4)C3)c2nc(Cl)ncc21. The van der Waals surface area contributed by atoms with Crippen LogP contribution in [0.2, 0.25) is 5.28 Å². The van der Waals surface area contributed by atoms with Crippen LogP contribution in [0, 0.1) is 23.2 Å². The van der Waals surface area contributed by atoms with Gasteiger partial charge in [-0.05, 0) is 82.2 Å². The number of rotatable bonds is 2. The Kier molecular flexibility index (Phi) is 3.99. The van der Waals surface area contributed by atoms with Gasteiger partial charge in [-0.3, -0.25) is 13.9 Å². The molecule has 4 aliphatic rings. The quantitative estimate of drug-likeness (QED) is 0.551. The molecule has 0 radical (unpaired) electrons. The zero-order valence-electron chi connectivity index (χ0n) is 17.3. The van der Waals surface area contributed by atoms with Crippen molar-refractivity contribution in [2.24, 2.45) is 30.2 Å². The number of esters is 1. The van der Waals surface area contributed by atoms with E-state index < -0.39 is 11.0 Å². The summed E-state index contributed by atoms with van der Waals surface area (Å²) in [4.78, 5) is 34.7. The second-order valence-corrected chi connectivity index (χ2v) is 10.6. The summed E-state index contributed by atoms with van der Waals surface area (Å²) in [5.74, 6) is 1.01. The molecule has 2 atom stereocenters. The number of aromatic nitrogens is 4. The lowest BCUT2D eigenvalue weighted by molar-refractivity contribution is -0.186. The van der Waals surface area contributed by atoms with Crippen LogP contribution in [0.4, 0.5) is 0 Å². The van der Waals surface area contributed by atoms with Gasteiger partial charge in [-0.2, -0.15) is 4.98 Å². The van der Waals surface area contributed by atoms with Crippen molar-refractivity contribution in [3.8, 4) is 0 Å². The molecule has 29 heavy (non-hydrogen) atoms. The van der Waals surface area contributed by atoms with Crippen LogP contribution >= 0.6 is 11.6 Å². The van der Waals surface area contributed by atoms with E-state index in [-0.39, 0.29) is 34.8 Å². The maximum atomic E-state index is 13.2. The largest absolute Gasteiger partial charge is 0.460 e. The third-order valence-electron chi connectivity index (χ3n) is 7.16. The van der Waals surface area contributed by atoms with Crippen molar-refractivity contribution < 1.29 is 9.53 Å². The minimum atomic E-state index is -0.486. The number of carbonyl (C=O) groups is 1. The maximum Gasteiger partial charge on any atom is 0.330 e. The van der Waals surface area contributed by atoms with E-state index in [1.54, 1.807) is 17.8 Å². The number of fused-ring (bicyclic) bond motifs is 1. The Hall–Kier alpha value is -1.89. The van der Waals surface area contributed by atoms with E-state index in [0.717, 1.165) is 32.1 Å². The zero-order chi connectivity index (χ0) is 20.7. The van der Waals surface area contributed by atoms with Crippen molar-refractivity contribution in [2.75, 3.05) is 0 Å². The first-order chi connectivity index (χ1) is 13.6. The van der Waals surface area contributed by atoms with Gasteiger partial charge in [0.25, 0.3) is 0 Å². The number of imidazole rings is 1. The molecule has 0 amide bonds. The Morgan fingerprint density at radius 2 is 1.90 bits per heavy atom. The van der Waals surface area contributed by atoms with E-state index in [1.165, 1.54) is 0 Å². The van der Waals surface area contributed by atoms with Crippen LogP contribution in [0.15, 0.2) is 11.0 Å². The fourth-order valence-electron chi connectivity index (χ4n) is 6.44. The molecule has 0 N–H and O–H groups in total. The molecule has 4 fully saturated rings. The third kappa shape index (κ3) is 2.84. The molecule has 4 bridgehead atoms. The van der Waals surface area contributed by atoms with Crippen LogP contribution in [0.5, 0.6) is 0 Å². The number of hydrogen-bond acceptors (Lipinski definition) is 5. The molecule has 0 aromatic carbocycles. The summed E-state index contributed by atoms with van der Waals surface area (Å²) in [6, 6.07) is 0.0456. The van der Waals surface area contributed by atoms with E-state index in [1.807, 2.05) is 25.3 Å². The highest BCUT2D eigenvalue weighted by atomic mass is 35.5. The first-order valence-electron chi connectivity index (χ1n) is 10.4. The van der Waals surface area contributed by atoms with Crippen LogP contribution in [-0.4, -0.2) is 30.7 Å². The molecule has 0 aliphatic heterocycles. The van der Waals surface area contributed by atoms with Crippen LogP contribution in [0.3, 0.4) is 0 Å². The first kappa shape index (κ1) is 19.1. The van der Waals surface area contributed by atoms with Crippen molar-refractivity contribution >= 4 is 28.7 Å². The third-order valence-corrected chi connectivity index (χ3v) is 7.34. The monoisotopic (exact) mass is 418 g/mol. The van der Waals surface area contributed by atoms with Crippen LogP contribution in [0.25, 0.3) is 11.2 Å². The lowest BCUT2D eigenvalue weighted by Gasteiger charge is -2.58. The summed E-state index contributed by atoms with van der Waals surface area (Å²) in [6.45, 7) is 5.77. The lowest BCUT2D eigenvalue weighted by atomic mass is 9.48. The van der Waals surface area contributed by atoms with Crippen LogP contribution in [-0.2, 0) is 16.6 Å². The average molecular weight is 419 g/mol. The van der Waals surface area contributed by atoms with E-state index in [4.69, 9.17) is 16.3 Å². The highest BCUT2D eigenvalue weighted by molar-refractivity contribution is 6.28. The van der Waals surface area contributed by atoms with Crippen molar-refractivity contribution in [1.29, 1.82) is 0 Å². The molecular weight excluding hydrogens is 392 g/mol.